The summed E-state index contributed by atoms with van der Waals surface area (Å²) in [6.07, 6.45) is 3.26. The van der Waals surface area contributed by atoms with Gasteiger partial charge in [0.25, 0.3) is 0 Å². The lowest BCUT2D eigenvalue weighted by atomic mass is 10.00. The average Bonchev–Trinajstić information content (AvgIpc) is 3.35. The first-order chi connectivity index (χ1) is 10.1. The molecule has 1 aliphatic carbocycles. The molecular weight excluding hydrogens is 391 g/mol. The van der Waals surface area contributed by atoms with E-state index in [-0.39, 0.29) is 36.4 Å². The topological polar surface area (TPSA) is 61.9 Å². The van der Waals surface area contributed by atoms with Gasteiger partial charge in [0.05, 0.1) is 0 Å². The number of fused-ring (bicyclic) bond motifs is 1. The monoisotopic (exact) mass is 414 g/mol. The Balaban J connectivity index is 0.00000176. The van der Waals surface area contributed by atoms with Gasteiger partial charge >= 0.3 is 0 Å². The van der Waals surface area contributed by atoms with Crippen LogP contribution in [0, 0.1) is 0 Å². The largest absolute Gasteiger partial charge is 0.370 e. The molecule has 0 saturated heterocycles. The highest BCUT2D eigenvalue weighted by Crippen LogP contribution is 2.24. The Bertz CT molecular complexity index is 571. The molecule has 1 aliphatic heterocycles. The van der Waals surface area contributed by atoms with Gasteiger partial charge < -0.3 is 15.5 Å². The fourth-order valence-electron chi connectivity index (χ4n) is 2.72. The number of aliphatic imine (C=N–C) groups is 1. The number of carbonyl (C=O) groups is 1. The molecule has 1 aromatic carbocycles. The zero-order chi connectivity index (χ0) is 14.8. The Kier molecular flexibility index (Phi) is 5.66. The molecule has 0 radical (unpaired) electrons. The summed E-state index contributed by atoms with van der Waals surface area (Å²) in [5.74, 6) is 0.528. The molecule has 0 unspecified atom stereocenters. The maximum atomic E-state index is 12.3. The highest BCUT2D eigenvalue weighted by atomic mass is 127. The van der Waals surface area contributed by atoms with Gasteiger partial charge in [0.1, 0.15) is 6.54 Å². The molecule has 2 aliphatic rings. The summed E-state index contributed by atoms with van der Waals surface area (Å²) >= 11 is 0. The Morgan fingerprint density at radius 1 is 1.36 bits per heavy atom. The van der Waals surface area contributed by atoms with E-state index in [4.69, 9.17) is 5.73 Å². The lowest BCUT2D eigenvalue weighted by Gasteiger charge is -2.28. The normalized spacial score (nSPS) is 17.5. The first-order valence-corrected chi connectivity index (χ1v) is 7.52. The van der Waals surface area contributed by atoms with Crippen LogP contribution >= 0.6 is 24.0 Å². The lowest BCUT2D eigenvalue weighted by Crippen LogP contribution is -2.39. The van der Waals surface area contributed by atoms with Crippen molar-refractivity contribution in [3.63, 3.8) is 0 Å². The van der Waals surface area contributed by atoms with Gasteiger partial charge in [-0.2, -0.15) is 0 Å². The SMILES string of the molecule is CN(C(N)=NCC(=O)N1CCc2ccccc2C1)C1CC1.I. The minimum absolute atomic E-state index is 0. The zero-order valence-corrected chi connectivity index (χ0v) is 15.2. The van der Waals surface area contributed by atoms with Crippen molar-refractivity contribution in [2.75, 3.05) is 20.1 Å². The van der Waals surface area contributed by atoms with Crippen LogP contribution in [-0.2, 0) is 17.8 Å². The van der Waals surface area contributed by atoms with Gasteiger partial charge in [-0.3, -0.25) is 4.79 Å². The fourth-order valence-corrected chi connectivity index (χ4v) is 2.72. The molecule has 0 atom stereocenters. The van der Waals surface area contributed by atoms with E-state index in [2.05, 4.69) is 23.2 Å². The van der Waals surface area contributed by atoms with Crippen LogP contribution in [0.15, 0.2) is 29.3 Å². The number of halogens is 1. The summed E-state index contributed by atoms with van der Waals surface area (Å²) in [7, 11) is 1.94. The van der Waals surface area contributed by atoms with Crippen LogP contribution in [0.2, 0.25) is 0 Å². The highest BCUT2D eigenvalue weighted by Gasteiger charge is 2.27. The van der Waals surface area contributed by atoms with Crippen LogP contribution in [0.5, 0.6) is 0 Å². The van der Waals surface area contributed by atoms with Crippen LogP contribution in [0.3, 0.4) is 0 Å². The van der Waals surface area contributed by atoms with Gasteiger partial charge in [-0.25, -0.2) is 4.99 Å². The third kappa shape index (κ3) is 3.91. The van der Waals surface area contributed by atoms with Crippen molar-refractivity contribution in [1.29, 1.82) is 0 Å². The minimum Gasteiger partial charge on any atom is -0.370 e. The van der Waals surface area contributed by atoms with Crippen molar-refractivity contribution < 1.29 is 4.79 Å². The number of hydrogen-bond donors (Lipinski definition) is 1. The molecule has 2 N–H and O–H groups in total. The number of benzene rings is 1. The second-order valence-corrected chi connectivity index (χ2v) is 5.85. The van der Waals surface area contributed by atoms with Crippen LogP contribution in [0.4, 0.5) is 0 Å². The first kappa shape index (κ1) is 17.1. The molecule has 0 aromatic heterocycles. The molecule has 5 nitrogen and oxygen atoms in total. The number of nitrogens with zero attached hydrogens (tertiary/aromatic N) is 3. The van der Waals surface area contributed by atoms with Crippen molar-refractivity contribution in [3.8, 4) is 0 Å². The van der Waals surface area contributed by atoms with Gasteiger partial charge in [-0.05, 0) is 30.4 Å². The van der Waals surface area contributed by atoms with Crippen molar-refractivity contribution in [3.05, 3.63) is 35.4 Å². The average molecular weight is 414 g/mol. The number of amides is 1. The molecule has 1 saturated carbocycles. The van der Waals surface area contributed by atoms with E-state index in [1.807, 2.05) is 22.9 Å². The van der Waals surface area contributed by atoms with E-state index in [1.165, 1.54) is 24.0 Å². The molecule has 1 fully saturated rings. The van der Waals surface area contributed by atoms with E-state index in [1.54, 1.807) is 0 Å². The van der Waals surface area contributed by atoms with Crippen molar-refractivity contribution in [2.24, 2.45) is 10.7 Å². The van der Waals surface area contributed by atoms with Crippen LogP contribution in [-0.4, -0.2) is 47.8 Å². The molecule has 3 rings (SSSR count). The molecular formula is C16H23IN4O. The smallest absolute Gasteiger partial charge is 0.244 e. The number of nitrogens with two attached hydrogens (primary N) is 1. The summed E-state index contributed by atoms with van der Waals surface area (Å²) < 4.78 is 0. The Morgan fingerprint density at radius 2 is 2.05 bits per heavy atom. The van der Waals surface area contributed by atoms with E-state index in [0.29, 0.717) is 18.5 Å². The molecule has 1 heterocycles. The quantitative estimate of drug-likeness (QED) is 0.465. The first-order valence-electron chi connectivity index (χ1n) is 7.52. The third-order valence-electron chi connectivity index (χ3n) is 4.32. The molecule has 120 valence electrons. The molecule has 1 aromatic rings. The summed E-state index contributed by atoms with van der Waals surface area (Å²) in [6, 6.07) is 8.82. The summed E-state index contributed by atoms with van der Waals surface area (Å²) in [5, 5.41) is 0. The maximum Gasteiger partial charge on any atom is 0.244 e. The van der Waals surface area contributed by atoms with Crippen molar-refractivity contribution >= 4 is 35.8 Å². The van der Waals surface area contributed by atoms with Gasteiger partial charge in [0.15, 0.2) is 5.96 Å². The predicted octanol–water partition coefficient (Wildman–Crippen LogP) is 1.60. The Hall–Kier alpha value is -1.31. The molecule has 0 bridgehead atoms. The van der Waals surface area contributed by atoms with Crippen LogP contribution in [0.25, 0.3) is 0 Å². The van der Waals surface area contributed by atoms with Gasteiger partial charge in [-0.15, -0.1) is 24.0 Å². The third-order valence-corrected chi connectivity index (χ3v) is 4.32. The van der Waals surface area contributed by atoms with Crippen LogP contribution < -0.4 is 5.73 Å². The Labute approximate surface area is 148 Å². The molecule has 1 amide bonds. The van der Waals surface area contributed by atoms with Gasteiger partial charge in [0.2, 0.25) is 5.91 Å². The summed E-state index contributed by atoms with van der Waals surface area (Å²) in [5.41, 5.74) is 8.50. The second kappa shape index (κ2) is 7.30. The Morgan fingerprint density at radius 3 is 2.73 bits per heavy atom. The zero-order valence-electron chi connectivity index (χ0n) is 12.9. The van der Waals surface area contributed by atoms with E-state index in [9.17, 15) is 4.79 Å². The molecule has 0 spiro atoms. The van der Waals surface area contributed by atoms with Gasteiger partial charge in [-0.1, -0.05) is 24.3 Å². The number of hydrogen-bond acceptors (Lipinski definition) is 2. The van der Waals surface area contributed by atoms with E-state index < -0.39 is 0 Å². The number of guanidine groups is 1. The second-order valence-electron chi connectivity index (χ2n) is 5.85. The minimum atomic E-state index is 0. The number of carbonyl (C=O) groups excluding carboxylic acids is 1. The van der Waals surface area contributed by atoms with E-state index >= 15 is 0 Å². The van der Waals surface area contributed by atoms with Crippen molar-refractivity contribution in [1.82, 2.24) is 9.80 Å². The van der Waals surface area contributed by atoms with Gasteiger partial charge in [0, 0.05) is 26.2 Å². The predicted molar refractivity (Wildman–Crippen MR) is 98.3 cm³/mol. The molecule has 22 heavy (non-hydrogen) atoms. The summed E-state index contributed by atoms with van der Waals surface area (Å²) in [6.45, 7) is 1.59. The highest BCUT2D eigenvalue weighted by molar-refractivity contribution is 14.0. The van der Waals surface area contributed by atoms with Crippen molar-refractivity contribution in [2.45, 2.75) is 31.8 Å². The number of rotatable bonds is 3. The van der Waals surface area contributed by atoms with Crippen LogP contribution in [0.1, 0.15) is 24.0 Å². The maximum absolute atomic E-state index is 12.3. The van der Waals surface area contributed by atoms with E-state index in [0.717, 1.165) is 13.0 Å². The summed E-state index contributed by atoms with van der Waals surface area (Å²) in [4.78, 5) is 20.4. The fraction of sp³-hybridized carbons (Fsp3) is 0.500. The molecule has 6 heteroatoms. The lowest BCUT2D eigenvalue weighted by molar-refractivity contribution is -0.130. The standard InChI is InChI=1S/C16H22N4O.HI/c1-19(14-6-7-14)16(17)18-10-15(21)20-9-8-12-4-2-3-5-13(12)11-20;/h2-5,14H,6-11H2,1H3,(H2,17,18);1H.